The van der Waals surface area contributed by atoms with Gasteiger partial charge in [0.2, 0.25) is 0 Å². The normalized spacial score (nSPS) is 13.0. The molecule has 0 aromatic heterocycles. The van der Waals surface area contributed by atoms with E-state index in [0.29, 0.717) is 48.7 Å². The van der Waals surface area contributed by atoms with Crippen LogP contribution in [-0.4, -0.2) is 55.4 Å². The zero-order valence-corrected chi connectivity index (χ0v) is 27.1. The topological polar surface area (TPSA) is 84.9 Å². The molecule has 0 unspecified atom stereocenters. The Labute approximate surface area is 281 Å². The molecule has 5 aromatic carbocycles. The molecule has 244 valence electrons. The monoisotopic (exact) mass is 640 g/mol. The van der Waals surface area contributed by atoms with Crippen LogP contribution in [0.25, 0.3) is 10.8 Å². The predicted octanol–water partition coefficient (Wildman–Crippen LogP) is 7.59. The number of esters is 1. The molecule has 48 heavy (non-hydrogen) atoms. The number of methoxy groups -OCH3 is 1. The van der Waals surface area contributed by atoms with E-state index in [2.05, 4.69) is 11.4 Å². The second kappa shape index (κ2) is 15.4. The van der Waals surface area contributed by atoms with Gasteiger partial charge in [0, 0.05) is 41.9 Å². The lowest BCUT2D eigenvalue weighted by atomic mass is 10.00. The minimum atomic E-state index is -0.705. The van der Waals surface area contributed by atoms with E-state index >= 15 is 0 Å². The first-order valence-electron chi connectivity index (χ1n) is 16.5. The number of amides is 1. The van der Waals surface area contributed by atoms with Gasteiger partial charge in [0.15, 0.2) is 5.78 Å². The molecule has 7 heteroatoms. The molecule has 0 bridgehead atoms. The third-order valence-electron chi connectivity index (χ3n) is 8.69. The van der Waals surface area contributed by atoms with E-state index in [0.717, 1.165) is 34.2 Å². The number of para-hydroxylation sites is 1. The average molecular weight is 641 g/mol. The quantitative estimate of drug-likeness (QED) is 0.0721. The van der Waals surface area contributed by atoms with Crippen molar-refractivity contribution in [3.63, 3.8) is 0 Å². The fourth-order valence-electron chi connectivity index (χ4n) is 5.87. The van der Waals surface area contributed by atoms with E-state index in [1.165, 1.54) is 20.0 Å². The number of carbonyl (C=O) groups is 3. The van der Waals surface area contributed by atoms with Crippen molar-refractivity contribution in [2.75, 3.05) is 32.1 Å². The number of carbonyl (C=O) groups excluding carboxylic acids is 3. The Morgan fingerprint density at radius 1 is 0.792 bits per heavy atom. The lowest BCUT2D eigenvalue weighted by Crippen LogP contribution is -2.34. The third kappa shape index (κ3) is 8.28. The zero-order valence-electron chi connectivity index (χ0n) is 27.1. The van der Waals surface area contributed by atoms with E-state index in [-0.39, 0.29) is 11.7 Å². The molecule has 6 rings (SSSR count). The van der Waals surface area contributed by atoms with Crippen molar-refractivity contribution in [3.05, 3.63) is 144 Å². The number of nitrogens with zero attached hydrogens (tertiary/aromatic N) is 1. The number of hydrogen-bond acceptors (Lipinski definition) is 6. The van der Waals surface area contributed by atoms with Gasteiger partial charge in [-0.05, 0) is 77.9 Å². The number of ether oxygens (including phenoxy) is 2. The molecule has 1 amide bonds. The summed E-state index contributed by atoms with van der Waals surface area (Å²) in [5, 5.41) is 5.45. The Balaban J connectivity index is 1.04. The summed E-state index contributed by atoms with van der Waals surface area (Å²) in [6.07, 6.45) is 3.42. The van der Waals surface area contributed by atoms with Crippen LogP contribution < -0.4 is 10.1 Å². The fourth-order valence-corrected chi connectivity index (χ4v) is 5.87. The van der Waals surface area contributed by atoms with Crippen molar-refractivity contribution < 1.29 is 23.9 Å². The highest BCUT2D eigenvalue weighted by Crippen LogP contribution is 2.30. The van der Waals surface area contributed by atoms with Crippen molar-refractivity contribution in [2.24, 2.45) is 5.92 Å². The zero-order chi connectivity index (χ0) is 33.3. The highest BCUT2D eigenvalue weighted by Gasteiger charge is 2.27. The van der Waals surface area contributed by atoms with Gasteiger partial charge in [0.05, 0.1) is 13.7 Å². The Hall–Kier alpha value is -5.43. The molecule has 5 aromatic rings. The maximum Gasteiger partial charge on any atom is 0.328 e. The van der Waals surface area contributed by atoms with Crippen molar-refractivity contribution in [2.45, 2.75) is 31.7 Å². The van der Waals surface area contributed by atoms with Crippen molar-refractivity contribution >= 4 is 34.1 Å². The number of benzene rings is 5. The van der Waals surface area contributed by atoms with Crippen LogP contribution in [0, 0.1) is 5.92 Å². The summed E-state index contributed by atoms with van der Waals surface area (Å²) in [5.41, 5.74) is 3.25. The maximum absolute atomic E-state index is 13.5. The summed E-state index contributed by atoms with van der Waals surface area (Å²) in [5.74, 6) is 0.820. The molecule has 7 nitrogen and oxygen atoms in total. The predicted molar refractivity (Wildman–Crippen MR) is 189 cm³/mol. The molecule has 1 fully saturated rings. The van der Waals surface area contributed by atoms with Gasteiger partial charge in [-0.3, -0.25) is 9.59 Å². The van der Waals surface area contributed by atoms with Crippen LogP contribution in [0.5, 0.6) is 5.75 Å². The molecule has 0 heterocycles. The first-order valence-corrected chi connectivity index (χ1v) is 16.5. The molecule has 0 aliphatic heterocycles. The number of ketones is 1. The van der Waals surface area contributed by atoms with Gasteiger partial charge in [-0.1, -0.05) is 84.9 Å². The molecule has 1 aliphatic carbocycles. The minimum Gasteiger partial charge on any atom is -0.494 e. The number of rotatable bonds is 15. The molecule has 0 saturated heterocycles. The Morgan fingerprint density at radius 3 is 2.25 bits per heavy atom. The van der Waals surface area contributed by atoms with Crippen LogP contribution in [0.2, 0.25) is 0 Å². The summed E-state index contributed by atoms with van der Waals surface area (Å²) in [4.78, 5) is 41.5. The number of nitrogens with one attached hydrogen (secondary N) is 1. The van der Waals surface area contributed by atoms with Gasteiger partial charge in [-0.25, -0.2) is 4.79 Å². The lowest BCUT2D eigenvalue weighted by Gasteiger charge is -2.23. The van der Waals surface area contributed by atoms with Gasteiger partial charge < -0.3 is 19.7 Å². The van der Waals surface area contributed by atoms with Crippen LogP contribution in [0.3, 0.4) is 0 Å². The summed E-state index contributed by atoms with van der Waals surface area (Å²) in [6, 6.07) is 37.2. The van der Waals surface area contributed by atoms with E-state index in [9.17, 15) is 14.4 Å². The van der Waals surface area contributed by atoms with E-state index in [1.54, 1.807) is 30.3 Å². The van der Waals surface area contributed by atoms with Crippen molar-refractivity contribution in [3.8, 4) is 5.75 Å². The Morgan fingerprint density at radius 2 is 1.50 bits per heavy atom. The molecular formula is C41H40N2O5. The van der Waals surface area contributed by atoms with Gasteiger partial charge in [-0.15, -0.1) is 0 Å². The Kier molecular flexibility index (Phi) is 10.5. The van der Waals surface area contributed by atoms with Crippen LogP contribution in [0.1, 0.15) is 51.1 Å². The van der Waals surface area contributed by atoms with Gasteiger partial charge >= 0.3 is 5.97 Å². The lowest BCUT2D eigenvalue weighted by molar-refractivity contribution is -0.141. The summed E-state index contributed by atoms with van der Waals surface area (Å²) < 4.78 is 11.1. The molecule has 0 spiro atoms. The first kappa shape index (κ1) is 32.5. The van der Waals surface area contributed by atoms with E-state index in [4.69, 9.17) is 9.47 Å². The first-order chi connectivity index (χ1) is 23.5. The molecular weight excluding hydrogens is 600 g/mol. The van der Waals surface area contributed by atoms with Crippen molar-refractivity contribution in [1.29, 1.82) is 0 Å². The molecule has 1 atom stereocenters. The SMILES string of the molecule is COC(=O)[C@H](Cc1ccc(OCCCN(CC2CC2)C(=O)c2ccc3ccccc3c2)cc1)Nc1ccccc1C(=O)c1ccccc1. The highest BCUT2D eigenvalue weighted by atomic mass is 16.5. The standard InChI is InChI=1S/C41H40N2O5/c1-47-41(46)38(42-37-15-8-7-14-36(37)39(44)32-11-3-2-4-12-32)26-29-18-22-35(23-19-29)48-25-9-24-43(28-30-16-17-30)40(45)34-21-20-31-10-5-6-13-33(31)27-34/h2-8,10-15,18-23,27,30,38,42H,9,16-17,24-26,28H2,1H3/t38-/m0/s1. The number of hydrogen-bond donors (Lipinski definition) is 1. The highest BCUT2D eigenvalue weighted by molar-refractivity contribution is 6.12. The molecule has 0 radical (unpaired) electrons. The summed E-state index contributed by atoms with van der Waals surface area (Å²) >= 11 is 0. The molecule has 1 aliphatic rings. The second-order valence-corrected chi connectivity index (χ2v) is 12.3. The van der Waals surface area contributed by atoms with E-state index < -0.39 is 12.0 Å². The Bertz CT molecular complexity index is 1870. The minimum absolute atomic E-state index is 0.0674. The van der Waals surface area contributed by atoms with Gasteiger partial charge in [0.1, 0.15) is 11.8 Å². The molecule has 1 N–H and O–H groups in total. The van der Waals surface area contributed by atoms with Crippen LogP contribution in [0.15, 0.2) is 121 Å². The number of fused-ring (bicyclic) bond motifs is 1. The van der Waals surface area contributed by atoms with Crippen molar-refractivity contribution in [1.82, 2.24) is 4.90 Å². The summed E-state index contributed by atoms with van der Waals surface area (Å²) in [6.45, 7) is 1.88. The largest absolute Gasteiger partial charge is 0.494 e. The van der Waals surface area contributed by atoms with Crippen LogP contribution >= 0.6 is 0 Å². The molecule has 1 saturated carbocycles. The third-order valence-corrected chi connectivity index (χ3v) is 8.69. The second-order valence-electron chi connectivity index (χ2n) is 12.3. The van der Waals surface area contributed by atoms with Crippen LogP contribution in [-0.2, 0) is 16.0 Å². The summed E-state index contributed by atoms with van der Waals surface area (Å²) in [7, 11) is 1.36. The van der Waals surface area contributed by atoms with Gasteiger partial charge in [-0.2, -0.15) is 0 Å². The smallest absolute Gasteiger partial charge is 0.328 e. The average Bonchev–Trinajstić information content (AvgIpc) is 3.97. The fraction of sp³-hybridized carbons (Fsp3) is 0.244. The maximum atomic E-state index is 13.5. The van der Waals surface area contributed by atoms with Gasteiger partial charge in [0.25, 0.3) is 5.91 Å². The number of anilines is 1. The van der Waals surface area contributed by atoms with E-state index in [1.807, 2.05) is 89.8 Å². The van der Waals surface area contributed by atoms with Crippen LogP contribution in [0.4, 0.5) is 5.69 Å².